The van der Waals surface area contributed by atoms with Gasteiger partial charge in [0.1, 0.15) is 5.60 Å². The fraction of sp³-hybridized carbons (Fsp3) is 0.850. The van der Waals surface area contributed by atoms with Crippen LogP contribution in [0.25, 0.3) is 0 Å². The van der Waals surface area contributed by atoms with Crippen molar-refractivity contribution < 1.29 is 23.9 Å². The highest BCUT2D eigenvalue weighted by Crippen LogP contribution is 2.31. The van der Waals surface area contributed by atoms with Gasteiger partial charge in [-0.15, -0.1) is 0 Å². The van der Waals surface area contributed by atoms with Crippen LogP contribution in [0.1, 0.15) is 59.3 Å². The minimum atomic E-state index is -0.509. The Morgan fingerprint density at radius 2 is 1.44 bits per heavy atom. The molecular weight excluding hydrogens is 348 g/mol. The van der Waals surface area contributed by atoms with Crippen LogP contribution >= 0.6 is 0 Å². The second-order valence-electron chi connectivity index (χ2n) is 8.72. The summed E-state index contributed by atoms with van der Waals surface area (Å²) in [5, 5.41) is 0. The first kappa shape index (κ1) is 21.5. The van der Waals surface area contributed by atoms with Crippen LogP contribution in [0.15, 0.2) is 0 Å². The van der Waals surface area contributed by atoms with Crippen LogP contribution in [-0.2, 0) is 19.1 Å². The van der Waals surface area contributed by atoms with Crippen molar-refractivity contribution in [3.8, 4) is 0 Å². The summed E-state index contributed by atoms with van der Waals surface area (Å²) in [4.78, 5) is 40.2. The molecule has 0 radical (unpaired) electrons. The molecule has 0 bridgehead atoms. The molecule has 7 heteroatoms. The van der Waals surface area contributed by atoms with Crippen LogP contribution in [0.5, 0.6) is 0 Å². The van der Waals surface area contributed by atoms with Crippen molar-refractivity contribution in [2.24, 2.45) is 11.8 Å². The van der Waals surface area contributed by atoms with Crippen LogP contribution in [0.3, 0.4) is 0 Å². The molecule has 2 amide bonds. The lowest BCUT2D eigenvalue weighted by Gasteiger charge is -2.39. The Hall–Kier alpha value is -1.79. The number of hydrogen-bond donors (Lipinski definition) is 0. The molecule has 1 saturated carbocycles. The van der Waals surface area contributed by atoms with Gasteiger partial charge < -0.3 is 19.3 Å². The van der Waals surface area contributed by atoms with Gasteiger partial charge in [-0.25, -0.2) is 4.79 Å². The van der Waals surface area contributed by atoms with E-state index in [2.05, 4.69) is 0 Å². The average Bonchev–Trinajstić information content (AvgIpc) is 2.65. The van der Waals surface area contributed by atoms with Gasteiger partial charge in [-0.2, -0.15) is 0 Å². The van der Waals surface area contributed by atoms with E-state index in [1.807, 2.05) is 25.7 Å². The number of carbonyl (C=O) groups is 3. The average molecular weight is 383 g/mol. The second kappa shape index (κ2) is 8.93. The van der Waals surface area contributed by atoms with E-state index >= 15 is 0 Å². The lowest BCUT2D eigenvalue weighted by atomic mass is 9.81. The molecule has 0 aromatic carbocycles. The largest absolute Gasteiger partial charge is 0.469 e. The highest BCUT2D eigenvalue weighted by Gasteiger charge is 2.35. The summed E-state index contributed by atoms with van der Waals surface area (Å²) in [7, 11) is 3.18. The molecule has 1 heterocycles. The third-order valence-electron chi connectivity index (χ3n) is 5.62. The molecular formula is C20H34N2O5. The van der Waals surface area contributed by atoms with E-state index in [-0.39, 0.29) is 35.8 Å². The molecule has 0 unspecified atom stereocenters. The van der Waals surface area contributed by atoms with Crippen LogP contribution < -0.4 is 0 Å². The smallest absolute Gasteiger partial charge is 0.410 e. The summed E-state index contributed by atoms with van der Waals surface area (Å²) in [6.07, 6.45) is 4.15. The van der Waals surface area contributed by atoms with E-state index < -0.39 is 5.60 Å². The van der Waals surface area contributed by atoms with Crippen molar-refractivity contribution in [2.45, 2.75) is 70.9 Å². The Labute approximate surface area is 162 Å². The van der Waals surface area contributed by atoms with Crippen molar-refractivity contribution in [2.75, 3.05) is 27.2 Å². The summed E-state index contributed by atoms with van der Waals surface area (Å²) >= 11 is 0. The molecule has 0 aromatic heterocycles. The third kappa shape index (κ3) is 5.84. The molecule has 2 aliphatic rings. The topological polar surface area (TPSA) is 76.2 Å². The van der Waals surface area contributed by atoms with E-state index in [1.54, 1.807) is 11.9 Å². The molecule has 0 aromatic rings. The van der Waals surface area contributed by atoms with Crippen molar-refractivity contribution in [3.05, 3.63) is 0 Å². The van der Waals surface area contributed by atoms with Gasteiger partial charge in [0.25, 0.3) is 0 Å². The number of piperidine rings is 1. The zero-order chi connectivity index (χ0) is 20.2. The minimum absolute atomic E-state index is 0.00559. The first-order chi connectivity index (χ1) is 12.6. The van der Waals surface area contributed by atoms with Crippen molar-refractivity contribution in [3.63, 3.8) is 0 Å². The van der Waals surface area contributed by atoms with E-state index in [0.29, 0.717) is 13.1 Å². The first-order valence-electron chi connectivity index (χ1n) is 9.94. The lowest BCUT2D eigenvalue weighted by molar-refractivity contribution is -0.149. The standard InChI is InChI=1S/C20H34N2O5/c1-20(2,3)27-19(25)21(4)16-10-12-22(13-11-16)17(23)14-6-8-15(9-7-14)18(24)26-5/h14-16H,6-13H2,1-5H3. The number of esters is 1. The molecule has 1 aliphatic heterocycles. The van der Waals surface area contributed by atoms with E-state index in [1.165, 1.54) is 7.11 Å². The fourth-order valence-electron chi connectivity index (χ4n) is 3.96. The zero-order valence-corrected chi connectivity index (χ0v) is 17.3. The van der Waals surface area contributed by atoms with Crippen LogP contribution in [0.4, 0.5) is 4.79 Å². The molecule has 1 aliphatic carbocycles. The quantitative estimate of drug-likeness (QED) is 0.702. The van der Waals surface area contributed by atoms with Crippen molar-refractivity contribution >= 4 is 18.0 Å². The number of nitrogens with zero attached hydrogens (tertiary/aromatic N) is 2. The van der Waals surface area contributed by atoms with Gasteiger partial charge >= 0.3 is 12.1 Å². The first-order valence-corrected chi connectivity index (χ1v) is 9.94. The third-order valence-corrected chi connectivity index (χ3v) is 5.62. The van der Waals surface area contributed by atoms with Crippen molar-refractivity contribution in [1.29, 1.82) is 0 Å². The van der Waals surface area contributed by atoms with Crippen molar-refractivity contribution in [1.82, 2.24) is 9.80 Å². The number of hydrogen-bond acceptors (Lipinski definition) is 5. The molecule has 0 atom stereocenters. The normalized spacial score (nSPS) is 24.3. The van der Waals surface area contributed by atoms with Crippen LogP contribution in [0.2, 0.25) is 0 Å². The highest BCUT2D eigenvalue weighted by molar-refractivity contribution is 5.80. The highest BCUT2D eigenvalue weighted by atomic mass is 16.6. The number of likely N-dealkylation sites (tertiary alicyclic amines) is 1. The Balaban J connectivity index is 1.79. The molecule has 7 nitrogen and oxygen atoms in total. The lowest BCUT2D eigenvalue weighted by Crippen LogP contribution is -2.49. The summed E-state index contributed by atoms with van der Waals surface area (Å²) in [6, 6.07) is 0.0963. The maximum Gasteiger partial charge on any atom is 0.410 e. The number of methoxy groups -OCH3 is 1. The Morgan fingerprint density at radius 1 is 0.926 bits per heavy atom. The number of amides is 2. The Bertz CT molecular complexity index is 541. The predicted molar refractivity (Wildman–Crippen MR) is 101 cm³/mol. The van der Waals surface area contributed by atoms with E-state index in [9.17, 15) is 14.4 Å². The SMILES string of the molecule is COC(=O)C1CCC(C(=O)N2CCC(N(C)C(=O)OC(C)(C)C)CC2)CC1. The molecule has 0 N–H and O–H groups in total. The molecule has 0 spiro atoms. The number of rotatable bonds is 3. The molecule has 2 rings (SSSR count). The van der Waals surface area contributed by atoms with Gasteiger partial charge in [0.2, 0.25) is 5.91 Å². The second-order valence-corrected chi connectivity index (χ2v) is 8.72. The monoisotopic (exact) mass is 382 g/mol. The van der Waals surface area contributed by atoms with Crippen LogP contribution in [0, 0.1) is 11.8 Å². The van der Waals surface area contributed by atoms with E-state index in [0.717, 1.165) is 38.5 Å². The van der Waals surface area contributed by atoms with Gasteiger partial charge in [-0.1, -0.05) is 0 Å². The maximum atomic E-state index is 12.8. The van der Waals surface area contributed by atoms with Gasteiger partial charge in [0.15, 0.2) is 0 Å². The van der Waals surface area contributed by atoms with E-state index in [4.69, 9.17) is 9.47 Å². The predicted octanol–water partition coefficient (Wildman–Crippen LogP) is 2.82. The Morgan fingerprint density at radius 3 is 1.93 bits per heavy atom. The summed E-state index contributed by atoms with van der Waals surface area (Å²) in [6.45, 7) is 6.89. The summed E-state index contributed by atoms with van der Waals surface area (Å²) in [5.41, 5.74) is -0.509. The zero-order valence-electron chi connectivity index (χ0n) is 17.3. The van der Waals surface area contributed by atoms with Gasteiger partial charge in [-0.3, -0.25) is 9.59 Å². The molecule has 1 saturated heterocycles. The molecule has 27 heavy (non-hydrogen) atoms. The fourth-order valence-corrected chi connectivity index (χ4v) is 3.96. The van der Waals surface area contributed by atoms with Gasteiger partial charge in [0, 0.05) is 32.1 Å². The minimum Gasteiger partial charge on any atom is -0.469 e. The number of ether oxygens (including phenoxy) is 2. The van der Waals surface area contributed by atoms with Gasteiger partial charge in [0.05, 0.1) is 13.0 Å². The molecule has 2 fully saturated rings. The molecule has 154 valence electrons. The summed E-state index contributed by atoms with van der Waals surface area (Å²) in [5.74, 6) is -0.0260. The van der Waals surface area contributed by atoms with Gasteiger partial charge in [-0.05, 0) is 59.3 Å². The Kier molecular flexibility index (Phi) is 7.12. The summed E-state index contributed by atoms with van der Waals surface area (Å²) < 4.78 is 10.2. The van der Waals surface area contributed by atoms with Crippen LogP contribution in [-0.4, -0.2) is 66.7 Å². The maximum absolute atomic E-state index is 12.8. The number of carbonyl (C=O) groups excluding carboxylic acids is 3.